The third kappa shape index (κ3) is 2.21. The normalized spacial score (nSPS) is 32.9. The Morgan fingerprint density at radius 2 is 2.24 bits per heavy atom. The van der Waals surface area contributed by atoms with E-state index in [9.17, 15) is 14.7 Å². The number of hydrogen-bond acceptors (Lipinski definition) is 5. The second-order valence-corrected chi connectivity index (χ2v) is 4.76. The van der Waals surface area contributed by atoms with Gasteiger partial charge in [0.25, 0.3) is 5.56 Å². The molecule has 1 aromatic rings. The summed E-state index contributed by atoms with van der Waals surface area (Å²) in [5.74, 6) is 0. The predicted octanol–water partition coefficient (Wildman–Crippen LogP) is -1.45. The zero-order valence-corrected chi connectivity index (χ0v) is 10.2. The van der Waals surface area contributed by atoms with Crippen molar-refractivity contribution in [2.75, 3.05) is 6.61 Å². The fraction of sp³-hybridized carbons (Fsp3) is 0.556. The number of aromatic amines is 1. The summed E-state index contributed by atoms with van der Waals surface area (Å²) in [7, 11) is 0. The van der Waals surface area contributed by atoms with Gasteiger partial charge in [0.1, 0.15) is 6.10 Å². The molecule has 8 heteroatoms. The van der Waals surface area contributed by atoms with E-state index < -0.39 is 34.5 Å². The van der Waals surface area contributed by atoms with Crippen molar-refractivity contribution in [3.8, 4) is 0 Å². The van der Waals surface area contributed by atoms with Gasteiger partial charge >= 0.3 is 5.69 Å². The lowest BCUT2D eigenvalue weighted by Gasteiger charge is -2.16. The smallest absolute Gasteiger partial charge is 0.330 e. The summed E-state index contributed by atoms with van der Waals surface area (Å²) in [6, 6.07) is 1.18. The Hall–Kier alpha value is -0.960. The Kier molecular flexibility index (Phi) is 3.48. The van der Waals surface area contributed by atoms with Crippen LogP contribution in [0.15, 0.2) is 21.9 Å². The molecule has 2 heterocycles. The van der Waals surface area contributed by atoms with Crippen molar-refractivity contribution in [3.63, 3.8) is 0 Å². The van der Waals surface area contributed by atoms with E-state index in [0.717, 1.165) is 4.57 Å². The molecule has 0 bridgehead atoms. The lowest BCUT2D eigenvalue weighted by Crippen LogP contribution is -2.35. The molecule has 1 aliphatic heterocycles. The minimum Gasteiger partial charge on any atom is -0.394 e. The highest BCUT2D eigenvalue weighted by atomic mass is 79.9. The van der Waals surface area contributed by atoms with E-state index in [1.54, 1.807) is 0 Å². The number of aromatic nitrogens is 2. The molecule has 0 radical (unpaired) electrons. The zero-order valence-electron chi connectivity index (χ0n) is 8.62. The number of hydrogen-bond donors (Lipinski definition) is 3. The van der Waals surface area contributed by atoms with Gasteiger partial charge in [0.2, 0.25) is 0 Å². The molecule has 17 heavy (non-hydrogen) atoms. The highest BCUT2D eigenvalue weighted by molar-refractivity contribution is 9.09. The van der Waals surface area contributed by atoms with Crippen molar-refractivity contribution < 1.29 is 14.9 Å². The van der Waals surface area contributed by atoms with Crippen molar-refractivity contribution in [2.45, 2.75) is 23.3 Å². The van der Waals surface area contributed by atoms with Gasteiger partial charge < -0.3 is 14.9 Å². The first-order chi connectivity index (χ1) is 8.04. The number of nitrogens with one attached hydrogen (secondary N) is 1. The quantitative estimate of drug-likeness (QED) is 0.580. The van der Waals surface area contributed by atoms with Crippen LogP contribution < -0.4 is 11.2 Å². The molecule has 7 nitrogen and oxygen atoms in total. The van der Waals surface area contributed by atoms with E-state index in [2.05, 4.69) is 20.9 Å². The Balaban J connectivity index is 2.35. The van der Waals surface area contributed by atoms with Crippen LogP contribution in [0.25, 0.3) is 0 Å². The number of ether oxygens (including phenoxy) is 1. The highest BCUT2D eigenvalue weighted by Gasteiger charge is 2.43. The molecule has 0 spiro atoms. The maximum Gasteiger partial charge on any atom is 0.330 e. The van der Waals surface area contributed by atoms with E-state index in [-0.39, 0.29) is 6.61 Å². The van der Waals surface area contributed by atoms with Crippen molar-refractivity contribution in [3.05, 3.63) is 33.1 Å². The number of rotatable bonds is 2. The standard InChI is InChI=1S/C9H11BrN2O5/c10-6-7(15)4(3-13)17-8(6)12-2-1-5(14)11-9(12)16/h1-2,4,6-8,13,15H,3H2,(H,11,14,16)/t4-,6?,7-,8-/m1/s1. The van der Waals surface area contributed by atoms with Gasteiger partial charge in [-0.3, -0.25) is 14.3 Å². The lowest BCUT2D eigenvalue weighted by molar-refractivity contribution is -0.0456. The summed E-state index contributed by atoms with van der Waals surface area (Å²) in [6.07, 6.45) is -1.18. The second kappa shape index (κ2) is 4.73. The molecular weight excluding hydrogens is 296 g/mol. The third-order valence-corrected chi connectivity index (χ3v) is 3.59. The summed E-state index contributed by atoms with van der Waals surface area (Å²) < 4.78 is 6.49. The lowest BCUT2D eigenvalue weighted by atomic mass is 10.2. The van der Waals surface area contributed by atoms with Crippen LogP contribution in [-0.4, -0.2) is 43.4 Å². The fourth-order valence-corrected chi connectivity index (χ4v) is 2.43. The van der Waals surface area contributed by atoms with E-state index in [4.69, 9.17) is 9.84 Å². The van der Waals surface area contributed by atoms with Gasteiger partial charge in [0.05, 0.1) is 17.5 Å². The van der Waals surface area contributed by atoms with Crippen LogP contribution in [0.1, 0.15) is 6.23 Å². The van der Waals surface area contributed by atoms with Gasteiger partial charge in [-0.25, -0.2) is 4.79 Å². The number of halogens is 1. The van der Waals surface area contributed by atoms with Crippen LogP contribution >= 0.6 is 15.9 Å². The molecule has 4 atom stereocenters. The molecule has 0 aliphatic carbocycles. The predicted molar refractivity (Wildman–Crippen MR) is 61.0 cm³/mol. The van der Waals surface area contributed by atoms with Crippen LogP contribution in [0.4, 0.5) is 0 Å². The number of aliphatic hydroxyl groups is 2. The second-order valence-electron chi connectivity index (χ2n) is 3.70. The first-order valence-electron chi connectivity index (χ1n) is 4.94. The van der Waals surface area contributed by atoms with E-state index in [1.165, 1.54) is 12.3 Å². The minimum absolute atomic E-state index is 0.349. The van der Waals surface area contributed by atoms with Crippen LogP contribution in [0.5, 0.6) is 0 Å². The van der Waals surface area contributed by atoms with Crippen LogP contribution in [0, 0.1) is 0 Å². The molecule has 2 rings (SSSR count). The molecule has 0 saturated carbocycles. The average molecular weight is 307 g/mol. The summed E-state index contributed by atoms with van der Waals surface area (Å²) >= 11 is 3.20. The molecule has 0 aromatic carbocycles. The molecule has 3 N–H and O–H groups in total. The summed E-state index contributed by atoms with van der Waals surface area (Å²) in [5, 5.41) is 18.7. The fourth-order valence-electron chi connectivity index (χ4n) is 1.71. The minimum atomic E-state index is -0.927. The van der Waals surface area contributed by atoms with E-state index in [1.807, 2.05) is 0 Å². The van der Waals surface area contributed by atoms with Gasteiger partial charge in [-0.1, -0.05) is 15.9 Å². The van der Waals surface area contributed by atoms with Crippen molar-refractivity contribution in [1.29, 1.82) is 0 Å². The molecule has 1 aromatic heterocycles. The molecule has 1 unspecified atom stereocenters. The maximum absolute atomic E-state index is 11.5. The summed E-state index contributed by atoms with van der Waals surface area (Å²) in [4.78, 5) is 24.0. The van der Waals surface area contributed by atoms with Crippen LogP contribution in [0.3, 0.4) is 0 Å². The highest BCUT2D eigenvalue weighted by Crippen LogP contribution is 2.33. The first kappa shape index (κ1) is 12.5. The van der Waals surface area contributed by atoms with Gasteiger partial charge in [0.15, 0.2) is 6.23 Å². The number of alkyl halides is 1. The molecule has 1 saturated heterocycles. The molecule has 0 amide bonds. The average Bonchev–Trinajstić information content (AvgIpc) is 2.57. The first-order valence-corrected chi connectivity index (χ1v) is 5.86. The van der Waals surface area contributed by atoms with Crippen LogP contribution in [-0.2, 0) is 4.74 Å². The van der Waals surface area contributed by atoms with Gasteiger partial charge in [-0.15, -0.1) is 0 Å². The van der Waals surface area contributed by atoms with Gasteiger partial charge in [-0.05, 0) is 0 Å². The topological polar surface area (TPSA) is 105 Å². The zero-order chi connectivity index (χ0) is 12.6. The maximum atomic E-state index is 11.5. The van der Waals surface area contributed by atoms with E-state index >= 15 is 0 Å². The molecule has 94 valence electrons. The number of aliphatic hydroxyl groups excluding tert-OH is 2. The van der Waals surface area contributed by atoms with Crippen molar-refractivity contribution in [2.24, 2.45) is 0 Å². The Bertz CT molecular complexity index is 513. The van der Waals surface area contributed by atoms with Crippen molar-refractivity contribution >= 4 is 15.9 Å². The van der Waals surface area contributed by atoms with Gasteiger partial charge in [-0.2, -0.15) is 0 Å². The van der Waals surface area contributed by atoms with Gasteiger partial charge in [0, 0.05) is 12.3 Å². The molecule has 1 fully saturated rings. The summed E-state index contributed by atoms with van der Waals surface area (Å²) in [5.41, 5.74) is -1.13. The number of nitrogens with zero attached hydrogens (tertiary/aromatic N) is 1. The SMILES string of the molecule is O=c1ccn([C@@H]2O[C@H](CO)[C@@H](O)C2Br)c(=O)[nH]1. The Morgan fingerprint density at radius 3 is 2.76 bits per heavy atom. The largest absolute Gasteiger partial charge is 0.394 e. The van der Waals surface area contributed by atoms with Crippen molar-refractivity contribution in [1.82, 2.24) is 9.55 Å². The molecule has 1 aliphatic rings. The van der Waals surface area contributed by atoms with Crippen LogP contribution in [0.2, 0.25) is 0 Å². The monoisotopic (exact) mass is 306 g/mol. The number of H-pyrrole nitrogens is 1. The molecular formula is C9H11BrN2O5. The Morgan fingerprint density at radius 1 is 1.53 bits per heavy atom. The summed E-state index contributed by atoms with van der Waals surface area (Å²) in [6.45, 7) is -0.349. The third-order valence-electron chi connectivity index (χ3n) is 2.60. The Labute approximate surface area is 104 Å². The van der Waals surface area contributed by atoms with E-state index in [0.29, 0.717) is 0 Å².